The molecular formula is C18H18N4O3S2. The van der Waals surface area contributed by atoms with Crippen LogP contribution in [0.15, 0.2) is 52.9 Å². The SMILES string of the molecule is COc1cccc(Nc2nnc(SCC(=O)Nc3cccc(CO)c3)s2)c1. The minimum absolute atomic E-state index is 0.0632. The molecule has 0 atom stereocenters. The molecule has 0 unspecified atom stereocenters. The zero-order valence-corrected chi connectivity index (χ0v) is 16.1. The Bertz CT molecular complexity index is 917. The van der Waals surface area contributed by atoms with Crippen LogP contribution in [0.5, 0.6) is 5.75 Å². The fourth-order valence-electron chi connectivity index (χ4n) is 2.21. The molecule has 0 bridgehead atoms. The van der Waals surface area contributed by atoms with Gasteiger partial charge in [-0.1, -0.05) is 41.3 Å². The monoisotopic (exact) mass is 402 g/mol. The molecule has 0 aliphatic rings. The number of hydrogen-bond donors (Lipinski definition) is 3. The topological polar surface area (TPSA) is 96.4 Å². The predicted octanol–water partition coefficient (Wildman–Crippen LogP) is 3.51. The summed E-state index contributed by atoms with van der Waals surface area (Å²) in [6, 6.07) is 14.6. The van der Waals surface area contributed by atoms with Gasteiger partial charge in [-0.05, 0) is 29.8 Å². The molecule has 3 rings (SSSR count). The number of benzene rings is 2. The van der Waals surface area contributed by atoms with Gasteiger partial charge in [0.05, 0.1) is 19.5 Å². The van der Waals surface area contributed by atoms with Crippen molar-refractivity contribution in [2.24, 2.45) is 0 Å². The van der Waals surface area contributed by atoms with Gasteiger partial charge in [0.15, 0.2) is 4.34 Å². The van der Waals surface area contributed by atoms with E-state index < -0.39 is 0 Å². The molecule has 27 heavy (non-hydrogen) atoms. The van der Waals surface area contributed by atoms with E-state index in [1.54, 1.807) is 31.4 Å². The van der Waals surface area contributed by atoms with Crippen LogP contribution in [0.3, 0.4) is 0 Å². The number of ether oxygens (including phenoxy) is 1. The Kier molecular flexibility index (Phi) is 6.64. The summed E-state index contributed by atoms with van der Waals surface area (Å²) in [6.45, 7) is -0.0632. The van der Waals surface area contributed by atoms with Gasteiger partial charge in [-0.15, -0.1) is 10.2 Å². The average molecular weight is 403 g/mol. The first-order valence-electron chi connectivity index (χ1n) is 8.03. The molecule has 3 N–H and O–H groups in total. The van der Waals surface area contributed by atoms with E-state index in [2.05, 4.69) is 20.8 Å². The second-order valence-corrected chi connectivity index (χ2v) is 7.63. The van der Waals surface area contributed by atoms with E-state index in [-0.39, 0.29) is 18.3 Å². The summed E-state index contributed by atoms with van der Waals surface area (Å²) in [5, 5.41) is 23.9. The zero-order valence-electron chi connectivity index (χ0n) is 14.5. The average Bonchev–Trinajstić information content (AvgIpc) is 3.14. The summed E-state index contributed by atoms with van der Waals surface area (Å²) >= 11 is 2.69. The Morgan fingerprint density at radius 1 is 1.19 bits per heavy atom. The van der Waals surface area contributed by atoms with Crippen LogP contribution in [0.1, 0.15) is 5.56 Å². The summed E-state index contributed by atoms with van der Waals surface area (Å²) in [4.78, 5) is 12.1. The molecule has 0 fully saturated rings. The van der Waals surface area contributed by atoms with E-state index in [9.17, 15) is 4.79 Å². The lowest BCUT2D eigenvalue weighted by Crippen LogP contribution is -2.14. The van der Waals surface area contributed by atoms with E-state index >= 15 is 0 Å². The summed E-state index contributed by atoms with van der Waals surface area (Å²) in [7, 11) is 1.61. The molecule has 1 amide bonds. The molecule has 1 heterocycles. The first-order valence-corrected chi connectivity index (χ1v) is 9.83. The van der Waals surface area contributed by atoms with Crippen molar-refractivity contribution in [3.05, 3.63) is 54.1 Å². The molecule has 0 aliphatic carbocycles. The Morgan fingerprint density at radius 3 is 2.81 bits per heavy atom. The molecule has 2 aromatic carbocycles. The van der Waals surface area contributed by atoms with Gasteiger partial charge in [0.25, 0.3) is 0 Å². The van der Waals surface area contributed by atoms with Crippen LogP contribution in [0, 0.1) is 0 Å². The van der Waals surface area contributed by atoms with Gasteiger partial charge in [0, 0.05) is 17.4 Å². The van der Waals surface area contributed by atoms with E-state index in [1.165, 1.54) is 23.1 Å². The van der Waals surface area contributed by atoms with Gasteiger partial charge in [0.2, 0.25) is 11.0 Å². The van der Waals surface area contributed by atoms with Crippen molar-refractivity contribution < 1.29 is 14.6 Å². The number of aromatic nitrogens is 2. The molecule has 140 valence electrons. The molecule has 0 spiro atoms. The standard InChI is InChI=1S/C18H18N4O3S2/c1-25-15-7-3-6-14(9-15)20-17-21-22-18(27-17)26-11-16(24)19-13-5-2-4-12(8-13)10-23/h2-9,23H,10-11H2,1H3,(H,19,24)(H,20,21). The maximum Gasteiger partial charge on any atom is 0.234 e. The second kappa shape index (κ2) is 9.36. The number of hydrogen-bond acceptors (Lipinski definition) is 8. The van der Waals surface area contributed by atoms with Crippen LogP contribution in [0.2, 0.25) is 0 Å². The highest BCUT2D eigenvalue weighted by molar-refractivity contribution is 8.01. The third-order valence-corrected chi connectivity index (χ3v) is 5.42. The summed E-state index contributed by atoms with van der Waals surface area (Å²) in [5.74, 6) is 0.825. The maximum atomic E-state index is 12.1. The Hall–Kier alpha value is -2.62. The third-order valence-electron chi connectivity index (χ3n) is 3.45. The lowest BCUT2D eigenvalue weighted by Gasteiger charge is -2.05. The van der Waals surface area contributed by atoms with E-state index in [1.807, 2.05) is 24.3 Å². The van der Waals surface area contributed by atoms with E-state index in [0.29, 0.717) is 15.2 Å². The van der Waals surface area contributed by atoms with Crippen molar-refractivity contribution in [3.8, 4) is 5.75 Å². The molecule has 1 aromatic heterocycles. The van der Waals surface area contributed by atoms with Gasteiger partial charge in [0.1, 0.15) is 5.75 Å². The highest BCUT2D eigenvalue weighted by Gasteiger charge is 2.09. The van der Waals surface area contributed by atoms with Gasteiger partial charge in [-0.2, -0.15) is 0 Å². The van der Waals surface area contributed by atoms with Gasteiger partial charge < -0.3 is 20.5 Å². The third kappa shape index (κ3) is 5.68. The van der Waals surface area contributed by atoms with Gasteiger partial charge in [-0.25, -0.2) is 0 Å². The Morgan fingerprint density at radius 2 is 2.00 bits per heavy atom. The van der Waals surface area contributed by atoms with Crippen molar-refractivity contribution in [3.63, 3.8) is 0 Å². The summed E-state index contributed by atoms with van der Waals surface area (Å²) < 4.78 is 5.89. The largest absolute Gasteiger partial charge is 0.497 e. The van der Waals surface area contributed by atoms with Gasteiger partial charge >= 0.3 is 0 Å². The molecule has 0 saturated carbocycles. The number of anilines is 3. The second-order valence-electron chi connectivity index (χ2n) is 5.43. The molecule has 0 aliphatic heterocycles. The van der Waals surface area contributed by atoms with Crippen LogP contribution in [-0.4, -0.2) is 34.1 Å². The minimum atomic E-state index is -0.146. The zero-order chi connectivity index (χ0) is 19.1. The van der Waals surface area contributed by atoms with Gasteiger partial charge in [-0.3, -0.25) is 4.79 Å². The number of amides is 1. The highest BCUT2D eigenvalue weighted by atomic mass is 32.2. The number of aliphatic hydroxyl groups is 1. The predicted molar refractivity (Wildman–Crippen MR) is 108 cm³/mol. The molecule has 0 radical (unpaired) electrons. The normalized spacial score (nSPS) is 10.4. The van der Waals surface area contributed by atoms with Crippen molar-refractivity contribution in [1.82, 2.24) is 10.2 Å². The van der Waals surface area contributed by atoms with E-state index in [0.717, 1.165) is 17.0 Å². The van der Waals surface area contributed by atoms with Crippen LogP contribution < -0.4 is 15.4 Å². The minimum Gasteiger partial charge on any atom is -0.497 e. The first kappa shape index (κ1) is 19.2. The smallest absolute Gasteiger partial charge is 0.234 e. The quantitative estimate of drug-likeness (QED) is 0.496. The number of carbonyl (C=O) groups excluding carboxylic acids is 1. The first-order chi connectivity index (χ1) is 13.2. The lowest BCUT2D eigenvalue weighted by molar-refractivity contribution is -0.113. The summed E-state index contributed by atoms with van der Waals surface area (Å²) in [5.41, 5.74) is 2.26. The number of nitrogens with one attached hydrogen (secondary N) is 2. The van der Waals surface area contributed by atoms with Crippen molar-refractivity contribution in [2.45, 2.75) is 10.9 Å². The number of carbonyl (C=O) groups is 1. The molecule has 3 aromatic rings. The summed E-state index contributed by atoms with van der Waals surface area (Å²) in [6.07, 6.45) is 0. The fraction of sp³-hybridized carbons (Fsp3) is 0.167. The number of nitrogens with zero attached hydrogens (tertiary/aromatic N) is 2. The number of methoxy groups -OCH3 is 1. The fourth-order valence-corrected chi connectivity index (χ4v) is 3.79. The highest BCUT2D eigenvalue weighted by Crippen LogP contribution is 2.28. The number of thioether (sulfide) groups is 1. The van der Waals surface area contributed by atoms with Crippen molar-refractivity contribution in [1.29, 1.82) is 0 Å². The molecule has 7 nitrogen and oxygen atoms in total. The van der Waals surface area contributed by atoms with Crippen LogP contribution >= 0.6 is 23.1 Å². The van der Waals surface area contributed by atoms with Crippen molar-refractivity contribution in [2.75, 3.05) is 23.5 Å². The van der Waals surface area contributed by atoms with Crippen molar-refractivity contribution >= 4 is 45.5 Å². The van der Waals surface area contributed by atoms with Crippen LogP contribution in [-0.2, 0) is 11.4 Å². The van der Waals surface area contributed by atoms with E-state index in [4.69, 9.17) is 9.84 Å². The Balaban J connectivity index is 1.52. The molecule has 9 heteroatoms. The maximum absolute atomic E-state index is 12.1. The Labute approximate surface area is 164 Å². The van der Waals surface area contributed by atoms with Crippen LogP contribution in [0.4, 0.5) is 16.5 Å². The van der Waals surface area contributed by atoms with Crippen LogP contribution in [0.25, 0.3) is 0 Å². The molecule has 0 saturated heterocycles. The number of rotatable bonds is 8. The lowest BCUT2D eigenvalue weighted by atomic mass is 10.2. The number of aliphatic hydroxyl groups excluding tert-OH is 1. The molecular weight excluding hydrogens is 384 g/mol.